The molecule has 0 spiro atoms. The Balaban J connectivity index is 1.46. The van der Waals surface area contributed by atoms with E-state index in [0.29, 0.717) is 12.0 Å². The highest BCUT2D eigenvalue weighted by Gasteiger charge is 2.12. The second-order valence-electron chi connectivity index (χ2n) is 11.0. The van der Waals surface area contributed by atoms with Crippen molar-refractivity contribution in [3.8, 4) is 11.1 Å². The van der Waals surface area contributed by atoms with Crippen LogP contribution in [0.1, 0.15) is 47.2 Å². The van der Waals surface area contributed by atoms with Gasteiger partial charge in [0, 0.05) is 17.7 Å². The highest BCUT2D eigenvalue weighted by molar-refractivity contribution is 6.02. The van der Waals surface area contributed by atoms with Gasteiger partial charge in [-0.05, 0) is 76.4 Å². The summed E-state index contributed by atoms with van der Waals surface area (Å²) in [6, 6.07) is 45.8. The second kappa shape index (κ2) is 14.2. The van der Waals surface area contributed by atoms with Crippen molar-refractivity contribution in [1.29, 1.82) is 0 Å². The SMILES string of the molecule is C=C(Cc1cc(-c2ccccc2)ccc1Cc1cccc(C(=C)/C=C(\N=C(C)c2ccccc2)c2ccccc2)c1)C(C)=O. The zero-order valence-electron chi connectivity index (χ0n) is 25.5. The van der Waals surface area contributed by atoms with E-state index in [0.717, 1.165) is 56.8 Å². The number of allylic oxidation sites excluding steroid dienone is 3. The number of Topliss-reactive ketones (excluding diaryl/α,β-unsaturated/α-hetero) is 1. The van der Waals surface area contributed by atoms with Crippen LogP contribution in [-0.4, -0.2) is 11.5 Å². The summed E-state index contributed by atoms with van der Waals surface area (Å²) in [5, 5.41) is 0. The van der Waals surface area contributed by atoms with Gasteiger partial charge in [0.05, 0.1) is 5.70 Å². The van der Waals surface area contributed by atoms with E-state index in [-0.39, 0.29) is 5.78 Å². The van der Waals surface area contributed by atoms with E-state index >= 15 is 0 Å². The number of carbonyl (C=O) groups excluding carboxylic acids is 1. The Bertz CT molecular complexity index is 1840. The molecule has 0 N–H and O–H groups in total. The minimum atomic E-state index is 0.0190. The van der Waals surface area contributed by atoms with Crippen molar-refractivity contribution in [2.45, 2.75) is 26.7 Å². The number of benzene rings is 5. The van der Waals surface area contributed by atoms with Crippen molar-refractivity contribution in [2.24, 2.45) is 4.99 Å². The fourth-order valence-corrected chi connectivity index (χ4v) is 5.19. The van der Waals surface area contributed by atoms with Crippen LogP contribution in [0, 0.1) is 0 Å². The number of rotatable bonds is 11. The molecule has 2 heteroatoms. The van der Waals surface area contributed by atoms with Crippen LogP contribution in [0.2, 0.25) is 0 Å². The number of aliphatic imine (C=N–C) groups is 1. The van der Waals surface area contributed by atoms with Crippen molar-refractivity contribution >= 4 is 22.8 Å². The number of nitrogens with zero attached hydrogens (tertiary/aromatic N) is 1. The van der Waals surface area contributed by atoms with E-state index in [1.165, 1.54) is 11.1 Å². The van der Waals surface area contributed by atoms with Gasteiger partial charge in [0.15, 0.2) is 5.78 Å². The molecule has 0 saturated carbocycles. The van der Waals surface area contributed by atoms with Crippen LogP contribution in [0.3, 0.4) is 0 Å². The minimum Gasteiger partial charge on any atom is -0.295 e. The lowest BCUT2D eigenvalue weighted by atomic mass is 9.90. The first-order chi connectivity index (χ1) is 21.4. The molecule has 0 aliphatic carbocycles. The lowest BCUT2D eigenvalue weighted by Crippen LogP contribution is -2.03. The van der Waals surface area contributed by atoms with Gasteiger partial charge in [-0.2, -0.15) is 0 Å². The first-order valence-corrected chi connectivity index (χ1v) is 14.9. The molecule has 0 heterocycles. The molecule has 216 valence electrons. The number of ketones is 1. The molecule has 44 heavy (non-hydrogen) atoms. The van der Waals surface area contributed by atoms with Gasteiger partial charge in [0.2, 0.25) is 0 Å². The van der Waals surface area contributed by atoms with E-state index in [1.807, 2.05) is 61.5 Å². The Morgan fingerprint density at radius 2 is 1.25 bits per heavy atom. The Morgan fingerprint density at radius 1 is 0.636 bits per heavy atom. The number of carbonyl (C=O) groups is 1. The molecule has 5 aromatic carbocycles. The monoisotopic (exact) mass is 571 g/mol. The molecule has 5 rings (SSSR count). The maximum absolute atomic E-state index is 12.1. The van der Waals surface area contributed by atoms with Gasteiger partial charge < -0.3 is 0 Å². The van der Waals surface area contributed by atoms with Crippen molar-refractivity contribution in [3.63, 3.8) is 0 Å². The predicted octanol–water partition coefficient (Wildman–Crippen LogP) is 10.2. The maximum atomic E-state index is 12.1. The van der Waals surface area contributed by atoms with Gasteiger partial charge >= 0.3 is 0 Å². The molecule has 0 amide bonds. The van der Waals surface area contributed by atoms with Gasteiger partial charge in [0.25, 0.3) is 0 Å². The molecule has 0 bridgehead atoms. The highest BCUT2D eigenvalue weighted by atomic mass is 16.1. The van der Waals surface area contributed by atoms with E-state index in [9.17, 15) is 4.79 Å². The summed E-state index contributed by atoms with van der Waals surface area (Å²) in [5.41, 5.74) is 12.2. The van der Waals surface area contributed by atoms with Gasteiger partial charge in [-0.25, -0.2) is 0 Å². The lowest BCUT2D eigenvalue weighted by Gasteiger charge is -2.14. The van der Waals surface area contributed by atoms with Crippen LogP contribution in [0.4, 0.5) is 0 Å². The molecule has 0 saturated heterocycles. The standard InChI is InChI=1S/C42H37NO/c1-30(33(4)44)25-41-29-40(36-18-10-6-11-19-36)24-23-39(41)28-34-15-14-22-38(27-34)31(2)26-42(37-20-12-7-13-21-37)43-32(3)35-16-8-5-9-17-35/h5-24,26-27,29H,1-2,25,28H2,3-4H3/b42-26-,43-32?. The Morgan fingerprint density at radius 3 is 1.91 bits per heavy atom. The summed E-state index contributed by atoms with van der Waals surface area (Å²) in [4.78, 5) is 17.1. The lowest BCUT2D eigenvalue weighted by molar-refractivity contribution is -0.113. The molecular formula is C42H37NO. The Labute approximate surface area is 261 Å². The van der Waals surface area contributed by atoms with E-state index in [1.54, 1.807) is 6.92 Å². The largest absolute Gasteiger partial charge is 0.295 e. The Kier molecular flexibility index (Phi) is 9.74. The van der Waals surface area contributed by atoms with Crippen LogP contribution >= 0.6 is 0 Å². The maximum Gasteiger partial charge on any atom is 0.155 e. The van der Waals surface area contributed by atoms with Gasteiger partial charge in [-0.1, -0.05) is 147 Å². The van der Waals surface area contributed by atoms with Crippen LogP contribution in [-0.2, 0) is 17.6 Å². The summed E-state index contributed by atoms with van der Waals surface area (Å²) in [6.45, 7) is 12.1. The molecule has 5 aromatic rings. The smallest absolute Gasteiger partial charge is 0.155 e. The van der Waals surface area contributed by atoms with Crippen LogP contribution in [0.25, 0.3) is 22.4 Å². The zero-order chi connectivity index (χ0) is 30.9. The first kappa shape index (κ1) is 30.1. The molecule has 0 radical (unpaired) electrons. The molecule has 0 aliphatic heterocycles. The van der Waals surface area contributed by atoms with E-state index in [2.05, 4.69) is 98.1 Å². The highest BCUT2D eigenvalue weighted by Crippen LogP contribution is 2.28. The summed E-state index contributed by atoms with van der Waals surface area (Å²) in [6.07, 6.45) is 3.33. The third kappa shape index (κ3) is 7.73. The minimum absolute atomic E-state index is 0.0190. The molecule has 0 atom stereocenters. The van der Waals surface area contributed by atoms with Crippen molar-refractivity contribution < 1.29 is 4.79 Å². The molecule has 2 nitrogen and oxygen atoms in total. The van der Waals surface area contributed by atoms with E-state index < -0.39 is 0 Å². The number of hydrogen-bond acceptors (Lipinski definition) is 2. The normalized spacial score (nSPS) is 11.7. The quantitative estimate of drug-likeness (QED) is 0.0881. The third-order valence-corrected chi connectivity index (χ3v) is 7.77. The Hall–Kier alpha value is -5.34. The van der Waals surface area contributed by atoms with E-state index in [4.69, 9.17) is 4.99 Å². The van der Waals surface area contributed by atoms with Crippen LogP contribution in [0.15, 0.2) is 163 Å². The third-order valence-electron chi connectivity index (χ3n) is 7.77. The van der Waals surface area contributed by atoms with Gasteiger partial charge in [0.1, 0.15) is 0 Å². The fourth-order valence-electron chi connectivity index (χ4n) is 5.19. The molecule has 0 aliphatic rings. The van der Waals surface area contributed by atoms with Crippen molar-refractivity contribution in [2.75, 3.05) is 0 Å². The van der Waals surface area contributed by atoms with Crippen LogP contribution in [0.5, 0.6) is 0 Å². The average Bonchev–Trinajstić information content (AvgIpc) is 3.06. The summed E-state index contributed by atoms with van der Waals surface area (Å²) in [7, 11) is 0. The summed E-state index contributed by atoms with van der Waals surface area (Å²) >= 11 is 0. The molecule has 0 unspecified atom stereocenters. The predicted molar refractivity (Wildman–Crippen MR) is 187 cm³/mol. The fraction of sp³-hybridized carbons (Fsp3) is 0.0952. The van der Waals surface area contributed by atoms with Gasteiger partial charge in [-0.3, -0.25) is 9.79 Å². The molecule has 0 aromatic heterocycles. The van der Waals surface area contributed by atoms with Crippen LogP contribution < -0.4 is 0 Å². The second-order valence-corrected chi connectivity index (χ2v) is 11.0. The topological polar surface area (TPSA) is 29.4 Å². The average molecular weight is 572 g/mol. The zero-order valence-corrected chi connectivity index (χ0v) is 25.5. The summed E-state index contributed by atoms with van der Waals surface area (Å²) < 4.78 is 0. The van der Waals surface area contributed by atoms with Gasteiger partial charge in [-0.15, -0.1) is 0 Å². The molecule has 0 fully saturated rings. The van der Waals surface area contributed by atoms with Crippen molar-refractivity contribution in [3.05, 3.63) is 192 Å². The van der Waals surface area contributed by atoms with Crippen molar-refractivity contribution in [1.82, 2.24) is 0 Å². The first-order valence-electron chi connectivity index (χ1n) is 14.9. The number of hydrogen-bond donors (Lipinski definition) is 0. The molecular weight excluding hydrogens is 534 g/mol. The summed E-state index contributed by atoms with van der Waals surface area (Å²) in [5.74, 6) is 0.0190.